The van der Waals surface area contributed by atoms with Gasteiger partial charge in [-0.05, 0) is 26.3 Å². The first-order valence-electron chi connectivity index (χ1n) is 5.49. The molecule has 0 aromatic carbocycles. The van der Waals surface area contributed by atoms with Gasteiger partial charge in [-0.2, -0.15) is 13.2 Å². The van der Waals surface area contributed by atoms with Crippen molar-refractivity contribution < 1.29 is 27.5 Å². The quantitative estimate of drug-likeness (QED) is 0.725. The molecule has 1 amide bonds. The van der Waals surface area contributed by atoms with Crippen molar-refractivity contribution in [2.24, 2.45) is 0 Å². The van der Waals surface area contributed by atoms with Crippen LogP contribution in [-0.2, 0) is 14.3 Å². The summed E-state index contributed by atoms with van der Waals surface area (Å²) in [6, 6.07) is 0. The molecule has 1 aliphatic rings. The van der Waals surface area contributed by atoms with Crippen molar-refractivity contribution in [2.75, 3.05) is 19.7 Å². The highest BCUT2D eigenvalue weighted by molar-refractivity contribution is 5.82. The summed E-state index contributed by atoms with van der Waals surface area (Å²) >= 11 is 0. The van der Waals surface area contributed by atoms with Gasteiger partial charge in [0, 0.05) is 12.1 Å². The second-order valence-corrected chi connectivity index (χ2v) is 4.46. The second kappa shape index (κ2) is 5.55. The molecule has 0 bridgehead atoms. The number of hydrogen-bond acceptors (Lipinski definition) is 4. The van der Waals surface area contributed by atoms with Crippen LogP contribution in [0.4, 0.5) is 13.2 Å². The van der Waals surface area contributed by atoms with Crippen molar-refractivity contribution in [1.29, 1.82) is 0 Å². The molecule has 0 aliphatic carbocycles. The van der Waals surface area contributed by atoms with Crippen LogP contribution >= 0.6 is 0 Å². The van der Waals surface area contributed by atoms with E-state index in [4.69, 9.17) is 0 Å². The molecule has 5 nitrogen and oxygen atoms in total. The van der Waals surface area contributed by atoms with E-state index >= 15 is 0 Å². The molecule has 1 aliphatic heterocycles. The largest absolute Gasteiger partial charge is 0.490 e. The Kier molecular flexibility index (Phi) is 4.55. The van der Waals surface area contributed by atoms with Crippen LogP contribution in [0.2, 0.25) is 0 Å². The van der Waals surface area contributed by atoms with E-state index in [2.05, 4.69) is 15.4 Å². The molecule has 1 fully saturated rings. The zero-order valence-electron chi connectivity index (χ0n) is 9.89. The second-order valence-electron chi connectivity index (χ2n) is 4.46. The van der Waals surface area contributed by atoms with Gasteiger partial charge < -0.3 is 15.4 Å². The third kappa shape index (κ3) is 4.52. The van der Waals surface area contributed by atoms with Crippen LogP contribution in [0, 0.1) is 0 Å². The number of halogens is 3. The summed E-state index contributed by atoms with van der Waals surface area (Å²) in [6.07, 6.45) is -3.49. The molecule has 104 valence electrons. The first kappa shape index (κ1) is 14.7. The first-order valence-corrected chi connectivity index (χ1v) is 5.49. The summed E-state index contributed by atoms with van der Waals surface area (Å²) in [6.45, 7) is 2.23. The number of piperidine rings is 1. The van der Waals surface area contributed by atoms with Gasteiger partial charge in [0.25, 0.3) is 5.91 Å². The fraction of sp³-hybridized carbons (Fsp3) is 0.800. The zero-order chi connectivity index (χ0) is 13.8. The van der Waals surface area contributed by atoms with E-state index in [0.717, 1.165) is 19.4 Å². The number of hydrogen-bond donors (Lipinski definition) is 2. The molecule has 0 aromatic heterocycles. The maximum Gasteiger partial charge on any atom is 0.490 e. The highest BCUT2D eigenvalue weighted by Crippen LogP contribution is 2.17. The minimum atomic E-state index is -5.07. The lowest BCUT2D eigenvalue weighted by Crippen LogP contribution is -2.56. The number of nitrogens with one attached hydrogen (secondary N) is 2. The molecule has 1 unspecified atom stereocenters. The van der Waals surface area contributed by atoms with Gasteiger partial charge in [-0.1, -0.05) is 0 Å². The first-order chi connectivity index (χ1) is 8.23. The summed E-state index contributed by atoms with van der Waals surface area (Å²) in [5.74, 6) is -3.09. The third-order valence-corrected chi connectivity index (χ3v) is 2.60. The van der Waals surface area contributed by atoms with Crippen LogP contribution in [-0.4, -0.2) is 43.3 Å². The number of ether oxygens (including phenoxy) is 1. The smallest absolute Gasteiger partial charge is 0.449 e. The highest BCUT2D eigenvalue weighted by atomic mass is 19.4. The molecule has 18 heavy (non-hydrogen) atoms. The summed E-state index contributed by atoms with van der Waals surface area (Å²) in [5, 5.41) is 5.62. The van der Waals surface area contributed by atoms with Crippen LogP contribution in [0.1, 0.15) is 19.8 Å². The molecular weight excluding hydrogens is 253 g/mol. The molecule has 1 heterocycles. The molecule has 0 saturated carbocycles. The Hall–Kier alpha value is -1.31. The van der Waals surface area contributed by atoms with Gasteiger partial charge in [0.05, 0.1) is 0 Å². The van der Waals surface area contributed by atoms with Crippen molar-refractivity contribution in [3.63, 3.8) is 0 Å². The Bertz CT molecular complexity index is 325. The molecule has 0 aromatic rings. The average Bonchev–Trinajstić information content (AvgIpc) is 2.24. The normalized spacial score (nSPS) is 24.4. The van der Waals surface area contributed by atoms with E-state index in [9.17, 15) is 22.8 Å². The van der Waals surface area contributed by atoms with Crippen LogP contribution in [0.15, 0.2) is 0 Å². The minimum Gasteiger partial charge on any atom is -0.449 e. The molecule has 1 saturated heterocycles. The molecular formula is C10H15F3N2O3. The van der Waals surface area contributed by atoms with Crippen LogP contribution in [0.5, 0.6) is 0 Å². The Balaban J connectivity index is 2.35. The number of alkyl halides is 3. The Morgan fingerprint density at radius 3 is 2.61 bits per heavy atom. The van der Waals surface area contributed by atoms with Gasteiger partial charge in [-0.25, -0.2) is 4.79 Å². The molecule has 8 heteroatoms. The van der Waals surface area contributed by atoms with E-state index in [1.807, 2.05) is 0 Å². The van der Waals surface area contributed by atoms with Crippen molar-refractivity contribution in [3.8, 4) is 0 Å². The Morgan fingerprint density at radius 2 is 2.11 bits per heavy atom. The molecule has 0 radical (unpaired) electrons. The van der Waals surface area contributed by atoms with Gasteiger partial charge in [-0.3, -0.25) is 4.79 Å². The van der Waals surface area contributed by atoms with Crippen molar-refractivity contribution in [2.45, 2.75) is 31.5 Å². The van der Waals surface area contributed by atoms with E-state index in [0.29, 0.717) is 6.54 Å². The number of amides is 1. The van der Waals surface area contributed by atoms with Crippen molar-refractivity contribution in [1.82, 2.24) is 10.6 Å². The summed E-state index contributed by atoms with van der Waals surface area (Å²) in [4.78, 5) is 21.8. The number of esters is 1. The molecule has 1 rings (SSSR count). The Labute approximate surface area is 102 Å². The molecule has 1 atom stereocenters. The van der Waals surface area contributed by atoms with E-state index in [1.165, 1.54) is 0 Å². The van der Waals surface area contributed by atoms with Gasteiger partial charge in [-0.15, -0.1) is 0 Å². The van der Waals surface area contributed by atoms with Gasteiger partial charge in [0.1, 0.15) is 0 Å². The van der Waals surface area contributed by atoms with Crippen LogP contribution in [0.3, 0.4) is 0 Å². The lowest BCUT2D eigenvalue weighted by Gasteiger charge is -2.34. The van der Waals surface area contributed by atoms with E-state index in [-0.39, 0.29) is 0 Å². The fourth-order valence-electron chi connectivity index (χ4n) is 1.75. The van der Waals surface area contributed by atoms with Crippen molar-refractivity contribution in [3.05, 3.63) is 0 Å². The summed E-state index contributed by atoms with van der Waals surface area (Å²) in [7, 11) is 0. The minimum absolute atomic E-state index is 0.514. The number of rotatable bonds is 3. The van der Waals surface area contributed by atoms with Gasteiger partial charge >= 0.3 is 12.1 Å². The monoisotopic (exact) mass is 268 g/mol. The SMILES string of the molecule is CC1(NC(=O)COC(=O)C(F)(F)F)CCCNC1. The zero-order valence-corrected chi connectivity index (χ0v) is 9.89. The summed E-state index contributed by atoms with van der Waals surface area (Å²) < 4.78 is 39.3. The molecule has 2 N–H and O–H groups in total. The number of carbonyl (C=O) groups excluding carboxylic acids is 2. The predicted octanol–water partition coefficient (Wildman–Crippen LogP) is 0.350. The fourth-order valence-corrected chi connectivity index (χ4v) is 1.75. The highest BCUT2D eigenvalue weighted by Gasteiger charge is 2.41. The van der Waals surface area contributed by atoms with Gasteiger partial charge in [0.2, 0.25) is 0 Å². The Morgan fingerprint density at radius 1 is 1.44 bits per heavy atom. The topological polar surface area (TPSA) is 67.4 Å². The third-order valence-electron chi connectivity index (χ3n) is 2.60. The number of carbonyl (C=O) groups is 2. The average molecular weight is 268 g/mol. The lowest BCUT2D eigenvalue weighted by molar-refractivity contribution is -0.200. The van der Waals surface area contributed by atoms with Gasteiger partial charge in [0.15, 0.2) is 6.61 Å². The van der Waals surface area contributed by atoms with Crippen LogP contribution < -0.4 is 10.6 Å². The molecule has 0 spiro atoms. The van der Waals surface area contributed by atoms with Crippen LogP contribution in [0.25, 0.3) is 0 Å². The van der Waals surface area contributed by atoms with E-state index < -0.39 is 30.2 Å². The lowest BCUT2D eigenvalue weighted by atomic mass is 9.92. The maximum absolute atomic E-state index is 11.8. The van der Waals surface area contributed by atoms with Crippen molar-refractivity contribution >= 4 is 11.9 Å². The van der Waals surface area contributed by atoms with E-state index in [1.54, 1.807) is 6.92 Å². The predicted molar refractivity (Wildman–Crippen MR) is 55.7 cm³/mol. The maximum atomic E-state index is 11.8. The standard InChI is InChI=1S/C10H15F3N2O3/c1-9(3-2-4-14-6-9)15-7(16)5-18-8(17)10(11,12)13/h14H,2-6H2,1H3,(H,15,16). The summed E-state index contributed by atoms with van der Waals surface area (Å²) in [5.41, 5.74) is -0.514.